The second-order valence-electron chi connectivity index (χ2n) is 10.4. The van der Waals surface area contributed by atoms with Crippen molar-refractivity contribution in [3.63, 3.8) is 0 Å². The first-order valence-electron chi connectivity index (χ1n) is 13.3. The fourth-order valence-electron chi connectivity index (χ4n) is 4.75. The Morgan fingerprint density at radius 2 is 1.83 bits per heavy atom. The van der Waals surface area contributed by atoms with Gasteiger partial charge in [-0.1, -0.05) is 19.1 Å². The van der Waals surface area contributed by atoms with E-state index in [0.717, 1.165) is 23.4 Å². The SMILES string of the molecule is COc1ccc(CN(C)C[C@@H]2Oc3ccc(NS(=O)(=O)c4ccc(F)cc4)cc3C(=O)N([C@@H](C)CO)C[C@H]2C)cc1. The lowest BCUT2D eigenvalue weighted by Gasteiger charge is -2.38. The summed E-state index contributed by atoms with van der Waals surface area (Å²) in [5.41, 5.74) is 1.44. The molecule has 0 aromatic heterocycles. The molecule has 0 radical (unpaired) electrons. The van der Waals surface area contributed by atoms with Gasteiger partial charge in [0.15, 0.2) is 0 Å². The van der Waals surface area contributed by atoms with Crippen molar-refractivity contribution in [1.82, 2.24) is 9.80 Å². The molecule has 1 amide bonds. The number of sulfonamides is 1. The van der Waals surface area contributed by atoms with Gasteiger partial charge in [0.2, 0.25) is 0 Å². The molecule has 0 fully saturated rings. The second-order valence-corrected chi connectivity index (χ2v) is 12.1. The first-order valence-corrected chi connectivity index (χ1v) is 14.8. The third-order valence-corrected chi connectivity index (χ3v) is 8.54. The van der Waals surface area contributed by atoms with Gasteiger partial charge in [0, 0.05) is 31.2 Å². The zero-order valence-electron chi connectivity index (χ0n) is 23.6. The van der Waals surface area contributed by atoms with Crippen LogP contribution in [-0.2, 0) is 16.6 Å². The van der Waals surface area contributed by atoms with Gasteiger partial charge in [0.05, 0.1) is 30.2 Å². The molecule has 3 aromatic carbocycles. The number of nitrogens with zero attached hydrogens (tertiary/aromatic N) is 2. The van der Waals surface area contributed by atoms with Crippen LogP contribution in [0, 0.1) is 11.7 Å². The van der Waals surface area contributed by atoms with E-state index in [0.29, 0.717) is 25.4 Å². The number of ether oxygens (including phenoxy) is 2. The Balaban J connectivity index is 1.61. The van der Waals surface area contributed by atoms with Gasteiger partial charge in [-0.2, -0.15) is 0 Å². The van der Waals surface area contributed by atoms with Crippen LogP contribution in [0.15, 0.2) is 71.6 Å². The minimum atomic E-state index is -4.03. The molecule has 41 heavy (non-hydrogen) atoms. The zero-order valence-corrected chi connectivity index (χ0v) is 24.4. The second kappa shape index (κ2) is 12.9. The lowest BCUT2D eigenvalue weighted by atomic mass is 9.99. The maximum absolute atomic E-state index is 13.7. The minimum absolute atomic E-state index is 0.0731. The van der Waals surface area contributed by atoms with E-state index >= 15 is 0 Å². The molecule has 3 atom stereocenters. The lowest BCUT2D eigenvalue weighted by Crippen LogP contribution is -2.49. The number of halogens is 1. The standard InChI is InChI=1S/C30H36FN3O6S/c1-20-16-34(21(2)19-35)30(36)27-15-24(32-41(37,38)26-12-7-23(31)8-13-26)9-14-28(27)40-29(20)18-33(3)17-22-5-10-25(39-4)11-6-22/h5-15,20-21,29,32,35H,16-19H2,1-4H3/t20-,21+,29+/m1/s1. The van der Waals surface area contributed by atoms with E-state index in [2.05, 4.69) is 9.62 Å². The van der Waals surface area contributed by atoms with Crippen LogP contribution in [0.5, 0.6) is 11.5 Å². The van der Waals surface area contributed by atoms with Crippen LogP contribution in [0.3, 0.4) is 0 Å². The number of likely N-dealkylation sites (N-methyl/N-ethyl adjacent to an activating group) is 1. The van der Waals surface area contributed by atoms with Gasteiger partial charge in [0.25, 0.3) is 15.9 Å². The van der Waals surface area contributed by atoms with Gasteiger partial charge in [0.1, 0.15) is 23.4 Å². The summed E-state index contributed by atoms with van der Waals surface area (Å²) in [4.78, 5) is 17.3. The molecule has 1 heterocycles. The Hall–Kier alpha value is -3.67. The van der Waals surface area contributed by atoms with Gasteiger partial charge in [-0.15, -0.1) is 0 Å². The molecule has 0 saturated heterocycles. The predicted octanol–water partition coefficient (Wildman–Crippen LogP) is 3.99. The van der Waals surface area contributed by atoms with Gasteiger partial charge in [-0.25, -0.2) is 12.8 Å². The largest absolute Gasteiger partial charge is 0.497 e. The quantitative estimate of drug-likeness (QED) is 0.371. The number of carbonyl (C=O) groups excluding carboxylic acids is 1. The molecule has 9 nitrogen and oxygen atoms in total. The lowest BCUT2D eigenvalue weighted by molar-refractivity contribution is 0.0341. The normalized spacial score (nSPS) is 18.2. The van der Waals surface area contributed by atoms with Crippen molar-refractivity contribution >= 4 is 21.6 Å². The van der Waals surface area contributed by atoms with Gasteiger partial charge in [-0.3, -0.25) is 14.4 Å². The molecule has 2 N–H and O–H groups in total. The van der Waals surface area contributed by atoms with Crippen molar-refractivity contribution < 1.29 is 32.2 Å². The molecule has 0 bridgehead atoms. The molecular weight excluding hydrogens is 549 g/mol. The summed E-state index contributed by atoms with van der Waals surface area (Å²) in [5.74, 6) is 0.109. The van der Waals surface area contributed by atoms with Crippen molar-refractivity contribution in [2.24, 2.45) is 5.92 Å². The van der Waals surface area contributed by atoms with Crippen molar-refractivity contribution in [3.05, 3.63) is 83.7 Å². The molecule has 220 valence electrons. The van der Waals surface area contributed by atoms with E-state index in [1.165, 1.54) is 24.3 Å². The van der Waals surface area contributed by atoms with E-state index < -0.39 is 21.9 Å². The Bertz CT molecular complexity index is 1450. The number of carbonyl (C=O) groups is 1. The smallest absolute Gasteiger partial charge is 0.261 e. The predicted molar refractivity (Wildman–Crippen MR) is 154 cm³/mol. The van der Waals surface area contributed by atoms with Crippen molar-refractivity contribution in [1.29, 1.82) is 0 Å². The maximum Gasteiger partial charge on any atom is 0.261 e. The summed E-state index contributed by atoms with van der Waals surface area (Å²) in [5, 5.41) is 9.91. The molecule has 1 aliphatic rings. The van der Waals surface area contributed by atoms with Gasteiger partial charge >= 0.3 is 0 Å². The van der Waals surface area contributed by atoms with Crippen molar-refractivity contribution in [3.8, 4) is 11.5 Å². The number of nitrogens with one attached hydrogen (secondary N) is 1. The highest BCUT2D eigenvalue weighted by molar-refractivity contribution is 7.92. The third kappa shape index (κ3) is 7.35. The third-order valence-electron chi connectivity index (χ3n) is 7.14. The summed E-state index contributed by atoms with van der Waals surface area (Å²) in [6.45, 7) is 5.11. The molecular formula is C30H36FN3O6S. The number of benzene rings is 3. The van der Waals surface area contributed by atoms with Crippen LogP contribution in [0.1, 0.15) is 29.8 Å². The van der Waals surface area contributed by atoms with Crippen LogP contribution in [0.25, 0.3) is 0 Å². The first kappa shape index (κ1) is 30.3. The number of hydrogen-bond donors (Lipinski definition) is 2. The number of aliphatic hydroxyl groups is 1. The van der Waals surface area contributed by atoms with E-state index in [1.54, 1.807) is 25.0 Å². The van der Waals surface area contributed by atoms with E-state index in [9.17, 15) is 22.7 Å². The number of methoxy groups -OCH3 is 1. The fraction of sp³-hybridized carbons (Fsp3) is 0.367. The maximum atomic E-state index is 13.7. The summed E-state index contributed by atoms with van der Waals surface area (Å²) in [6, 6.07) is 16.4. The molecule has 4 rings (SSSR count). The van der Waals surface area contributed by atoms with E-state index in [4.69, 9.17) is 9.47 Å². The molecule has 11 heteroatoms. The average molecular weight is 586 g/mol. The number of fused-ring (bicyclic) bond motifs is 1. The highest BCUT2D eigenvalue weighted by Gasteiger charge is 2.33. The average Bonchev–Trinajstić information content (AvgIpc) is 2.95. The van der Waals surface area contributed by atoms with Crippen LogP contribution in [0.2, 0.25) is 0 Å². The number of hydrogen-bond acceptors (Lipinski definition) is 7. The summed E-state index contributed by atoms with van der Waals surface area (Å²) in [7, 11) is -0.412. The van der Waals surface area contributed by atoms with E-state index in [-0.39, 0.29) is 40.7 Å². The Morgan fingerprint density at radius 1 is 1.15 bits per heavy atom. The highest BCUT2D eigenvalue weighted by atomic mass is 32.2. The van der Waals surface area contributed by atoms with Crippen LogP contribution < -0.4 is 14.2 Å². The topological polar surface area (TPSA) is 108 Å². The van der Waals surface area contributed by atoms with Crippen LogP contribution in [-0.4, -0.2) is 75.2 Å². The Morgan fingerprint density at radius 3 is 2.46 bits per heavy atom. The summed E-state index contributed by atoms with van der Waals surface area (Å²) in [6.07, 6.45) is -0.305. The number of rotatable bonds is 10. The molecule has 1 aliphatic heterocycles. The Kier molecular flexibility index (Phi) is 9.52. The number of amides is 1. The molecule has 0 unspecified atom stereocenters. The summed E-state index contributed by atoms with van der Waals surface area (Å²) >= 11 is 0. The van der Waals surface area contributed by atoms with Crippen LogP contribution in [0.4, 0.5) is 10.1 Å². The monoisotopic (exact) mass is 585 g/mol. The van der Waals surface area contributed by atoms with Crippen molar-refractivity contribution in [2.45, 2.75) is 37.4 Å². The van der Waals surface area contributed by atoms with Crippen LogP contribution >= 0.6 is 0 Å². The van der Waals surface area contributed by atoms with Gasteiger partial charge in [-0.05, 0) is 74.1 Å². The minimum Gasteiger partial charge on any atom is -0.497 e. The number of aliphatic hydroxyl groups excluding tert-OH is 1. The first-order chi connectivity index (χ1) is 19.5. The molecule has 0 aliphatic carbocycles. The highest BCUT2D eigenvalue weighted by Crippen LogP contribution is 2.31. The summed E-state index contributed by atoms with van der Waals surface area (Å²) < 4.78 is 53.2. The molecule has 3 aromatic rings. The zero-order chi connectivity index (χ0) is 29.7. The van der Waals surface area contributed by atoms with Crippen molar-refractivity contribution in [2.75, 3.05) is 38.6 Å². The van der Waals surface area contributed by atoms with Gasteiger partial charge < -0.3 is 19.5 Å². The Labute approximate surface area is 240 Å². The number of anilines is 1. The van der Waals surface area contributed by atoms with E-state index in [1.807, 2.05) is 38.2 Å². The fourth-order valence-corrected chi connectivity index (χ4v) is 5.80. The molecule has 0 spiro atoms. The molecule has 0 saturated carbocycles.